The second kappa shape index (κ2) is 5.63. The highest BCUT2D eigenvalue weighted by atomic mass is 16.3. The third-order valence-corrected chi connectivity index (χ3v) is 3.54. The molecule has 1 unspecified atom stereocenters. The Balaban J connectivity index is 1.93. The lowest BCUT2D eigenvalue weighted by molar-refractivity contribution is 0.161. The average molecular weight is 234 g/mol. The second-order valence-electron chi connectivity index (χ2n) is 4.92. The molecule has 1 saturated heterocycles. The highest BCUT2D eigenvalue weighted by molar-refractivity contribution is 5.15. The second-order valence-corrected chi connectivity index (χ2v) is 4.92. The lowest BCUT2D eigenvalue weighted by Gasteiger charge is -2.28. The van der Waals surface area contributed by atoms with E-state index in [1.54, 1.807) is 0 Å². The molecular formula is C14H22N2O. The zero-order valence-corrected chi connectivity index (χ0v) is 10.5. The molecule has 1 aromatic carbocycles. The van der Waals surface area contributed by atoms with E-state index in [-0.39, 0.29) is 12.1 Å². The fourth-order valence-electron chi connectivity index (χ4n) is 2.64. The lowest BCUT2D eigenvalue weighted by Crippen LogP contribution is -2.50. The fraction of sp³-hybridized carbons (Fsp3) is 0.571. The molecule has 0 bridgehead atoms. The molecule has 1 heterocycles. The molecule has 0 saturated carbocycles. The predicted octanol–water partition coefficient (Wildman–Crippen LogP) is 1.23. The van der Waals surface area contributed by atoms with Gasteiger partial charge in [0.15, 0.2) is 0 Å². The Bertz CT molecular complexity index is 341. The molecule has 3 nitrogen and oxygen atoms in total. The van der Waals surface area contributed by atoms with Crippen LogP contribution in [0.15, 0.2) is 30.3 Å². The zero-order chi connectivity index (χ0) is 12.1. The molecule has 2 rings (SSSR count). The van der Waals surface area contributed by atoms with Crippen LogP contribution in [0.3, 0.4) is 0 Å². The SMILES string of the molecule is CCNC1(CO)CCN(Cc2ccccc2)C1. The van der Waals surface area contributed by atoms with E-state index in [9.17, 15) is 5.11 Å². The van der Waals surface area contributed by atoms with Crippen LogP contribution in [0, 0.1) is 0 Å². The van der Waals surface area contributed by atoms with Gasteiger partial charge in [-0.25, -0.2) is 0 Å². The van der Waals surface area contributed by atoms with Gasteiger partial charge in [0.25, 0.3) is 0 Å². The third-order valence-electron chi connectivity index (χ3n) is 3.54. The summed E-state index contributed by atoms with van der Waals surface area (Å²) in [5, 5.41) is 13.0. The molecule has 0 aliphatic carbocycles. The number of benzene rings is 1. The average Bonchev–Trinajstić information content (AvgIpc) is 2.75. The molecule has 0 aromatic heterocycles. The van der Waals surface area contributed by atoms with Crippen LogP contribution in [-0.4, -0.2) is 41.8 Å². The maximum atomic E-state index is 9.54. The Kier molecular flexibility index (Phi) is 4.15. The van der Waals surface area contributed by atoms with E-state index in [0.29, 0.717) is 0 Å². The van der Waals surface area contributed by atoms with Gasteiger partial charge in [-0.05, 0) is 18.5 Å². The first kappa shape index (κ1) is 12.6. The minimum Gasteiger partial charge on any atom is -0.394 e. The lowest BCUT2D eigenvalue weighted by atomic mass is 10.0. The largest absolute Gasteiger partial charge is 0.394 e. The van der Waals surface area contributed by atoms with Gasteiger partial charge in [-0.3, -0.25) is 4.90 Å². The van der Waals surface area contributed by atoms with Crippen molar-refractivity contribution in [3.05, 3.63) is 35.9 Å². The molecule has 0 spiro atoms. The van der Waals surface area contributed by atoms with Crippen molar-refractivity contribution in [2.45, 2.75) is 25.4 Å². The Morgan fingerprint density at radius 1 is 1.35 bits per heavy atom. The topological polar surface area (TPSA) is 35.5 Å². The number of nitrogens with one attached hydrogen (secondary N) is 1. The summed E-state index contributed by atoms with van der Waals surface area (Å²) in [6.07, 6.45) is 1.03. The van der Waals surface area contributed by atoms with Crippen molar-refractivity contribution in [2.75, 3.05) is 26.2 Å². The normalized spacial score (nSPS) is 25.3. The van der Waals surface area contributed by atoms with Crippen LogP contribution in [0.4, 0.5) is 0 Å². The van der Waals surface area contributed by atoms with Crippen molar-refractivity contribution >= 4 is 0 Å². The van der Waals surface area contributed by atoms with Gasteiger partial charge in [-0.15, -0.1) is 0 Å². The fourth-order valence-corrected chi connectivity index (χ4v) is 2.64. The molecule has 1 aliphatic rings. The van der Waals surface area contributed by atoms with Crippen molar-refractivity contribution in [3.8, 4) is 0 Å². The zero-order valence-electron chi connectivity index (χ0n) is 10.5. The summed E-state index contributed by atoms with van der Waals surface area (Å²) < 4.78 is 0. The Morgan fingerprint density at radius 3 is 2.76 bits per heavy atom. The molecule has 17 heavy (non-hydrogen) atoms. The Morgan fingerprint density at radius 2 is 2.12 bits per heavy atom. The molecule has 1 aromatic rings. The molecule has 1 fully saturated rings. The minimum absolute atomic E-state index is 0.0798. The van der Waals surface area contributed by atoms with Crippen LogP contribution in [0.5, 0.6) is 0 Å². The van der Waals surface area contributed by atoms with Gasteiger partial charge in [0.2, 0.25) is 0 Å². The van der Waals surface area contributed by atoms with E-state index < -0.39 is 0 Å². The number of aliphatic hydroxyl groups is 1. The number of likely N-dealkylation sites (tertiary alicyclic amines) is 1. The predicted molar refractivity (Wildman–Crippen MR) is 69.8 cm³/mol. The number of rotatable bonds is 5. The van der Waals surface area contributed by atoms with E-state index in [0.717, 1.165) is 32.6 Å². The van der Waals surface area contributed by atoms with Gasteiger partial charge in [0.1, 0.15) is 0 Å². The van der Waals surface area contributed by atoms with Gasteiger partial charge >= 0.3 is 0 Å². The highest BCUT2D eigenvalue weighted by Gasteiger charge is 2.36. The Labute approximate surface area is 103 Å². The summed E-state index contributed by atoms with van der Waals surface area (Å²) in [5.41, 5.74) is 1.27. The highest BCUT2D eigenvalue weighted by Crippen LogP contribution is 2.22. The molecule has 1 aliphatic heterocycles. The summed E-state index contributed by atoms with van der Waals surface area (Å²) in [7, 11) is 0. The van der Waals surface area contributed by atoms with Gasteiger partial charge in [-0.1, -0.05) is 37.3 Å². The third kappa shape index (κ3) is 3.06. The summed E-state index contributed by atoms with van der Waals surface area (Å²) >= 11 is 0. The summed E-state index contributed by atoms with van der Waals surface area (Å²) in [6, 6.07) is 10.5. The van der Waals surface area contributed by atoms with Crippen molar-refractivity contribution in [1.82, 2.24) is 10.2 Å². The summed E-state index contributed by atoms with van der Waals surface area (Å²) in [6.45, 7) is 6.21. The van der Waals surface area contributed by atoms with E-state index >= 15 is 0 Å². The maximum absolute atomic E-state index is 9.54. The molecule has 3 heteroatoms. The van der Waals surface area contributed by atoms with E-state index in [4.69, 9.17) is 0 Å². The van der Waals surface area contributed by atoms with Gasteiger partial charge in [0.05, 0.1) is 12.1 Å². The Hall–Kier alpha value is -0.900. The number of hydrogen-bond acceptors (Lipinski definition) is 3. The molecular weight excluding hydrogens is 212 g/mol. The van der Waals surface area contributed by atoms with E-state index in [2.05, 4.69) is 41.4 Å². The van der Waals surface area contributed by atoms with Crippen LogP contribution >= 0.6 is 0 Å². The number of likely N-dealkylation sites (N-methyl/N-ethyl adjacent to an activating group) is 1. The van der Waals surface area contributed by atoms with Crippen LogP contribution < -0.4 is 5.32 Å². The monoisotopic (exact) mass is 234 g/mol. The quantitative estimate of drug-likeness (QED) is 0.804. The van der Waals surface area contributed by atoms with Crippen LogP contribution in [0.2, 0.25) is 0 Å². The van der Waals surface area contributed by atoms with Crippen molar-refractivity contribution in [3.63, 3.8) is 0 Å². The summed E-state index contributed by atoms with van der Waals surface area (Å²) in [5.74, 6) is 0. The van der Waals surface area contributed by atoms with Crippen molar-refractivity contribution in [1.29, 1.82) is 0 Å². The molecule has 2 N–H and O–H groups in total. The number of nitrogens with zero attached hydrogens (tertiary/aromatic N) is 1. The van der Waals surface area contributed by atoms with E-state index in [1.807, 2.05) is 6.07 Å². The number of aliphatic hydroxyl groups excluding tert-OH is 1. The molecule has 0 amide bonds. The molecule has 1 atom stereocenters. The minimum atomic E-state index is -0.0798. The smallest absolute Gasteiger partial charge is 0.0626 e. The number of hydrogen-bond donors (Lipinski definition) is 2. The van der Waals surface area contributed by atoms with Crippen LogP contribution in [-0.2, 0) is 6.54 Å². The van der Waals surface area contributed by atoms with Gasteiger partial charge in [0, 0.05) is 19.6 Å². The van der Waals surface area contributed by atoms with Crippen LogP contribution in [0.25, 0.3) is 0 Å². The van der Waals surface area contributed by atoms with Crippen molar-refractivity contribution in [2.24, 2.45) is 0 Å². The van der Waals surface area contributed by atoms with Crippen molar-refractivity contribution < 1.29 is 5.11 Å². The summed E-state index contributed by atoms with van der Waals surface area (Å²) in [4.78, 5) is 2.41. The van der Waals surface area contributed by atoms with Crippen LogP contribution in [0.1, 0.15) is 18.9 Å². The maximum Gasteiger partial charge on any atom is 0.0626 e. The standard InChI is InChI=1S/C14H22N2O/c1-2-15-14(12-17)8-9-16(11-14)10-13-6-4-3-5-7-13/h3-7,15,17H,2,8-12H2,1H3. The first-order valence-corrected chi connectivity index (χ1v) is 6.40. The first-order valence-electron chi connectivity index (χ1n) is 6.40. The first-order chi connectivity index (χ1) is 8.28. The molecule has 94 valence electrons. The van der Waals surface area contributed by atoms with Gasteiger partial charge < -0.3 is 10.4 Å². The van der Waals surface area contributed by atoms with Gasteiger partial charge in [-0.2, -0.15) is 0 Å². The molecule has 0 radical (unpaired) electrons. The van der Waals surface area contributed by atoms with E-state index in [1.165, 1.54) is 5.56 Å².